The third kappa shape index (κ3) is 7.85. The summed E-state index contributed by atoms with van der Waals surface area (Å²) >= 11 is 0. The van der Waals surface area contributed by atoms with Crippen LogP contribution in [-0.2, 0) is 14.4 Å². The average molecular weight is 322 g/mol. The minimum absolute atomic E-state index is 0.130. The lowest BCUT2D eigenvalue weighted by Gasteiger charge is -2.16. The third-order valence-electron chi connectivity index (χ3n) is 2.90. The molecular formula is C16H22N2O5. The molecule has 0 radical (unpaired) electrons. The molecule has 0 bridgehead atoms. The van der Waals surface area contributed by atoms with E-state index < -0.39 is 23.8 Å². The fourth-order valence-electron chi connectivity index (χ4n) is 1.83. The van der Waals surface area contributed by atoms with Crippen LogP contribution in [0.25, 0.3) is 0 Å². The average Bonchev–Trinajstić information content (AvgIpc) is 2.50. The molecule has 1 rings (SSSR count). The second kappa shape index (κ2) is 9.45. The van der Waals surface area contributed by atoms with Crippen LogP contribution in [0, 0.1) is 5.92 Å². The third-order valence-corrected chi connectivity index (χ3v) is 2.90. The second-order valence-electron chi connectivity index (χ2n) is 5.47. The monoisotopic (exact) mass is 322 g/mol. The zero-order valence-corrected chi connectivity index (χ0v) is 13.2. The molecule has 0 aliphatic heterocycles. The summed E-state index contributed by atoms with van der Waals surface area (Å²) in [5.41, 5.74) is 0. The Morgan fingerprint density at radius 2 is 1.78 bits per heavy atom. The normalized spacial score (nSPS) is 11.6. The maximum absolute atomic E-state index is 11.7. The Hall–Kier alpha value is -2.57. The van der Waals surface area contributed by atoms with Gasteiger partial charge in [0.2, 0.25) is 5.91 Å². The SMILES string of the molecule is CC(C)C[C@H](NC(=O)CNC(=O)COc1ccccc1)C(=O)O. The van der Waals surface area contributed by atoms with Crippen molar-refractivity contribution in [3.8, 4) is 5.75 Å². The van der Waals surface area contributed by atoms with Crippen molar-refractivity contribution in [2.75, 3.05) is 13.2 Å². The molecule has 1 aromatic rings. The van der Waals surface area contributed by atoms with Crippen LogP contribution in [0.15, 0.2) is 30.3 Å². The Balaban J connectivity index is 2.31. The van der Waals surface area contributed by atoms with Crippen molar-refractivity contribution in [2.24, 2.45) is 5.92 Å². The van der Waals surface area contributed by atoms with E-state index in [2.05, 4.69) is 10.6 Å². The predicted molar refractivity (Wildman–Crippen MR) is 84.0 cm³/mol. The molecule has 7 nitrogen and oxygen atoms in total. The number of aliphatic carboxylic acids is 1. The van der Waals surface area contributed by atoms with E-state index in [4.69, 9.17) is 9.84 Å². The molecule has 0 aliphatic rings. The highest BCUT2D eigenvalue weighted by molar-refractivity contribution is 5.88. The van der Waals surface area contributed by atoms with Crippen molar-refractivity contribution >= 4 is 17.8 Å². The molecule has 7 heteroatoms. The highest BCUT2D eigenvalue weighted by Crippen LogP contribution is 2.07. The summed E-state index contributed by atoms with van der Waals surface area (Å²) in [7, 11) is 0. The quantitative estimate of drug-likeness (QED) is 0.624. The van der Waals surface area contributed by atoms with E-state index in [1.807, 2.05) is 19.9 Å². The van der Waals surface area contributed by atoms with Crippen LogP contribution in [0.1, 0.15) is 20.3 Å². The largest absolute Gasteiger partial charge is 0.484 e. The molecule has 0 unspecified atom stereocenters. The van der Waals surface area contributed by atoms with Crippen LogP contribution in [0.4, 0.5) is 0 Å². The Morgan fingerprint density at radius 1 is 1.13 bits per heavy atom. The van der Waals surface area contributed by atoms with Crippen LogP contribution in [0.3, 0.4) is 0 Å². The van der Waals surface area contributed by atoms with Gasteiger partial charge in [-0.1, -0.05) is 32.0 Å². The first-order valence-electron chi connectivity index (χ1n) is 7.35. The fourth-order valence-corrected chi connectivity index (χ4v) is 1.83. The van der Waals surface area contributed by atoms with E-state index in [9.17, 15) is 14.4 Å². The second-order valence-corrected chi connectivity index (χ2v) is 5.47. The van der Waals surface area contributed by atoms with Gasteiger partial charge in [-0.2, -0.15) is 0 Å². The van der Waals surface area contributed by atoms with Gasteiger partial charge in [-0.3, -0.25) is 9.59 Å². The van der Waals surface area contributed by atoms with Gasteiger partial charge in [0.05, 0.1) is 6.54 Å². The lowest BCUT2D eigenvalue weighted by atomic mass is 10.0. The maximum atomic E-state index is 11.7. The number of amides is 2. The van der Waals surface area contributed by atoms with Gasteiger partial charge in [-0.05, 0) is 24.5 Å². The standard InChI is InChI=1S/C16H22N2O5/c1-11(2)8-13(16(21)22)18-14(19)9-17-15(20)10-23-12-6-4-3-5-7-12/h3-7,11,13H,8-10H2,1-2H3,(H,17,20)(H,18,19)(H,21,22)/t13-/m0/s1. The van der Waals surface area contributed by atoms with Gasteiger partial charge in [0.25, 0.3) is 5.91 Å². The summed E-state index contributed by atoms with van der Waals surface area (Å²) in [5, 5.41) is 13.8. The van der Waals surface area contributed by atoms with Crippen LogP contribution in [-0.4, -0.2) is 42.1 Å². The fraction of sp³-hybridized carbons (Fsp3) is 0.438. The minimum atomic E-state index is -1.09. The highest BCUT2D eigenvalue weighted by Gasteiger charge is 2.21. The number of carboxylic acids is 1. The van der Waals surface area contributed by atoms with Gasteiger partial charge in [0.1, 0.15) is 11.8 Å². The zero-order chi connectivity index (χ0) is 17.2. The van der Waals surface area contributed by atoms with Crippen LogP contribution in [0.5, 0.6) is 5.75 Å². The molecule has 0 saturated carbocycles. The summed E-state index contributed by atoms with van der Waals surface area (Å²) in [4.78, 5) is 34.3. The Kier molecular flexibility index (Phi) is 7.59. The zero-order valence-electron chi connectivity index (χ0n) is 13.2. The minimum Gasteiger partial charge on any atom is -0.484 e. The molecule has 2 amide bonds. The molecule has 1 atom stereocenters. The Morgan fingerprint density at radius 3 is 2.35 bits per heavy atom. The van der Waals surface area contributed by atoms with E-state index in [1.54, 1.807) is 24.3 Å². The number of carbonyl (C=O) groups is 3. The number of ether oxygens (including phenoxy) is 1. The topological polar surface area (TPSA) is 105 Å². The van der Waals surface area contributed by atoms with Crippen LogP contribution < -0.4 is 15.4 Å². The first kappa shape index (κ1) is 18.5. The van der Waals surface area contributed by atoms with E-state index in [1.165, 1.54) is 0 Å². The molecular weight excluding hydrogens is 300 g/mol. The molecule has 0 heterocycles. The first-order chi connectivity index (χ1) is 10.9. The molecule has 3 N–H and O–H groups in total. The molecule has 0 aromatic heterocycles. The first-order valence-corrected chi connectivity index (χ1v) is 7.35. The number of carbonyl (C=O) groups excluding carboxylic acids is 2. The van der Waals surface area contributed by atoms with Crippen molar-refractivity contribution in [2.45, 2.75) is 26.3 Å². The van der Waals surface area contributed by atoms with Gasteiger partial charge in [0.15, 0.2) is 6.61 Å². The van der Waals surface area contributed by atoms with Gasteiger partial charge < -0.3 is 20.5 Å². The molecule has 0 saturated heterocycles. The molecule has 23 heavy (non-hydrogen) atoms. The molecule has 0 fully saturated rings. The van der Waals surface area contributed by atoms with Gasteiger partial charge in [-0.15, -0.1) is 0 Å². The van der Waals surface area contributed by atoms with Crippen LogP contribution in [0.2, 0.25) is 0 Å². The Bertz CT molecular complexity index is 531. The number of hydrogen-bond acceptors (Lipinski definition) is 4. The Labute approximate surface area is 135 Å². The predicted octanol–water partition coefficient (Wildman–Crippen LogP) is 0.797. The van der Waals surface area contributed by atoms with Gasteiger partial charge in [-0.25, -0.2) is 4.79 Å². The molecule has 0 spiro atoms. The van der Waals surface area contributed by atoms with Gasteiger partial charge >= 0.3 is 5.97 Å². The van der Waals surface area contributed by atoms with Crippen molar-refractivity contribution in [1.82, 2.24) is 10.6 Å². The maximum Gasteiger partial charge on any atom is 0.326 e. The molecule has 126 valence electrons. The lowest BCUT2D eigenvalue weighted by molar-refractivity contribution is -0.142. The van der Waals surface area contributed by atoms with Crippen molar-refractivity contribution in [3.05, 3.63) is 30.3 Å². The smallest absolute Gasteiger partial charge is 0.326 e. The summed E-state index contributed by atoms with van der Waals surface area (Å²) in [6.45, 7) is 3.22. The van der Waals surface area contributed by atoms with E-state index >= 15 is 0 Å². The molecule has 1 aromatic carbocycles. The number of benzene rings is 1. The van der Waals surface area contributed by atoms with Crippen molar-refractivity contribution < 1.29 is 24.2 Å². The lowest BCUT2D eigenvalue weighted by Crippen LogP contribution is -2.46. The van der Waals surface area contributed by atoms with E-state index in [0.717, 1.165) is 0 Å². The molecule has 0 aliphatic carbocycles. The number of rotatable bonds is 9. The number of para-hydroxylation sites is 1. The number of nitrogens with one attached hydrogen (secondary N) is 2. The number of carboxylic acid groups (broad SMARTS) is 1. The van der Waals surface area contributed by atoms with Crippen molar-refractivity contribution in [1.29, 1.82) is 0 Å². The summed E-state index contributed by atoms with van der Waals surface area (Å²) < 4.78 is 5.23. The van der Waals surface area contributed by atoms with Gasteiger partial charge in [0, 0.05) is 0 Å². The summed E-state index contributed by atoms with van der Waals surface area (Å²) in [6.07, 6.45) is 0.326. The van der Waals surface area contributed by atoms with E-state index in [-0.39, 0.29) is 19.1 Å². The van der Waals surface area contributed by atoms with E-state index in [0.29, 0.717) is 12.2 Å². The van der Waals surface area contributed by atoms with Crippen LogP contribution >= 0.6 is 0 Å². The highest BCUT2D eigenvalue weighted by atomic mass is 16.5. The number of hydrogen-bond donors (Lipinski definition) is 3. The summed E-state index contributed by atoms with van der Waals surface area (Å²) in [6, 6.07) is 7.85. The summed E-state index contributed by atoms with van der Waals surface area (Å²) in [5.74, 6) is -1.42. The van der Waals surface area contributed by atoms with Crippen molar-refractivity contribution in [3.63, 3.8) is 0 Å².